The first-order valence-corrected chi connectivity index (χ1v) is 23.5. The number of esters is 6. The highest BCUT2D eigenvalue weighted by Gasteiger charge is 2.34. The lowest BCUT2D eigenvalue weighted by Crippen LogP contribution is -2.30. The van der Waals surface area contributed by atoms with Crippen LogP contribution in [0.1, 0.15) is 56.9 Å². The molecule has 20 nitrogen and oxygen atoms in total. The third-order valence-corrected chi connectivity index (χ3v) is 13.2. The molecule has 0 aliphatic heterocycles. The number of carbonyl (C=O) groups excluding carboxylic acids is 6. The smallest absolute Gasteiger partial charge is 0.333 e. The first kappa shape index (κ1) is 51.5. The summed E-state index contributed by atoms with van der Waals surface area (Å²) in [6.45, 7) is 5.63. The fourth-order valence-electron chi connectivity index (χ4n) is 8.03. The van der Waals surface area contributed by atoms with Gasteiger partial charge in [-0.05, 0) is 99.4 Å². The molecule has 2 saturated carbocycles. The third kappa shape index (κ3) is 13.3. The number of aromatic nitrogens is 1. The summed E-state index contributed by atoms with van der Waals surface area (Å²) < 4.78 is 44.1. The second-order valence-corrected chi connectivity index (χ2v) is 17.6. The van der Waals surface area contributed by atoms with Crippen molar-refractivity contribution in [1.82, 2.24) is 4.98 Å². The van der Waals surface area contributed by atoms with E-state index in [1.54, 1.807) is 24.3 Å². The van der Waals surface area contributed by atoms with E-state index in [1.165, 1.54) is 53.8 Å². The normalized spacial score (nSPS) is 17.3. The maximum absolute atomic E-state index is 13.7. The molecule has 5 aromatic rings. The van der Waals surface area contributed by atoms with E-state index in [-0.39, 0.29) is 53.2 Å². The van der Waals surface area contributed by atoms with Crippen LogP contribution in [-0.2, 0) is 49.4 Å². The van der Waals surface area contributed by atoms with E-state index in [2.05, 4.69) is 13.2 Å². The van der Waals surface area contributed by atoms with Gasteiger partial charge >= 0.3 is 35.8 Å². The van der Waals surface area contributed by atoms with E-state index in [4.69, 9.17) is 42.9 Å². The van der Waals surface area contributed by atoms with Gasteiger partial charge in [-0.1, -0.05) is 19.2 Å². The number of nitro benzene ring substituents is 1. The minimum atomic E-state index is -0.746. The first-order chi connectivity index (χ1) is 34.7. The molecule has 376 valence electrons. The molecular weight excluding hydrogens is 961 g/mol. The number of carbonyl (C=O) groups is 6. The van der Waals surface area contributed by atoms with Crippen molar-refractivity contribution in [3.8, 4) is 50.8 Å². The number of phenols is 2. The summed E-state index contributed by atoms with van der Waals surface area (Å²) in [6, 6.07) is 17.2. The number of thiazole rings is 1. The van der Waals surface area contributed by atoms with E-state index in [0.717, 1.165) is 23.8 Å². The lowest BCUT2D eigenvalue weighted by atomic mass is 9.82. The second kappa shape index (κ2) is 24.0. The third-order valence-electron chi connectivity index (χ3n) is 12.0. The van der Waals surface area contributed by atoms with Crippen molar-refractivity contribution in [2.45, 2.75) is 57.8 Å². The Bertz CT molecular complexity index is 2860. The van der Waals surface area contributed by atoms with Gasteiger partial charge in [-0.2, -0.15) is 0 Å². The Morgan fingerprint density at radius 2 is 1.14 bits per heavy atom. The van der Waals surface area contributed by atoms with Crippen molar-refractivity contribution in [3.05, 3.63) is 114 Å². The molecule has 0 radical (unpaired) electrons. The maximum Gasteiger partial charge on any atom is 0.333 e. The Hall–Kier alpha value is -8.33. The number of ether oxygens (including phenoxy) is 8. The SMILES string of the molecule is C=CC(=O)OCOc1ccc(OC(=O)C2CCC(C(=O)Oc3ccc(CCOC(=O)C4CCC(C(=O)Oc5ccc(O)c(O)c5)CC4)c4sc(-c5ccc([N+](=O)[O-])cc5)nc34)CC2)cc1OCOC(=O)C=C. The van der Waals surface area contributed by atoms with Crippen LogP contribution in [0.3, 0.4) is 0 Å². The Balaban J connectivity index is 0.957. The molecule has 7 rings (SSSR count). The number of hydrogen-bond donors (Lipinski definition) is 2. The maximum atomic E-state index is 13.7. The van der Waals surface area contributed by atoms with Gasteiger partial charge in [-0.15, -0.1) is 11.3 Å². The molecule has 0 spiro atoms. The highest BCUT2D eigenvalue weighted by molar-refractivity contribution is 7.21. The summed E-state index contributed by atoms with van der Waals surface area (Å²) in [4.78, 5) is 91.7. The van der Waals surface area contributed by atoms with Crippen molar-refractivity contribution in [2.24, 2.45) is 23.7 Å². The first-order valence-electron chi connectivity index (χ1n) is 22.7. The predicted molar refractivity (Wildman–Crippen MR) is 254 cm³/mol. The van der Waals surface area contributed by atoms with Gasteiger partial charge in [0.15, 0.2) is 28.7 Å². The summed E-state index contributed by atoms with van der Waals surface area (Å²) in [5.41, 5.74) is 1.61. The monoisotopic (exact) mass is 1010 g/mol. The Morgan fingerprint density at radius 3 is 1.69 bits per heavy atom. The van der Waals surface area contributed by atoms with Crippen LogP contribution < -0.4 is 23.7 Å². The summed E-state index contributed by atoms with van der Waals surface area (Å²) in [6.07, 6.45) is 5.04. The molecule has 21 heteroatoms. The summed E-state index contributed by atoms with van der Waals surface area (Å²) in [7, 11) is 0. The molecule has 0 amide bonds. The summed E-state index contributed by atoms with van der Waals surface area (Å²) in [5.74, 6) is -5.74. The van der Waals surface area contributed by atoms with Gasteiger partial charge in [-0.3, -0.25) is 29.3 Å². The standard InChI is InChI=1S/C51H48N2O18S/c1-3-43(56)67-27-65-40-22-19-37(26-42(40)66-28-68-44(57)4-2)70-50(60)33-9-11-34(12-10-33)51(61)71-41-21-15-29(46-45(41)52-47(72-46)30-13-16-35(17-14-30)53(62)63)23-24-64-48(58)31-5-7-32(8-6-31)49(59)69-36-18-20-38(54)39(55)25-36/h3-4,13-22,25-26,31-34,54-55H,1-2,5-12,23-24,27-28H2. The predicted octanol–water partition coefficient (Wildman–Crippen LogP) is 8.23. The van der Waals surface area contributed by atoms with E-state index in [0.29, 0.717) is 72.2 Å². The van der Waals surface area contributed by atoms with E-state index >= 15 is 0 Å². The number of rotatable bonds is 20. The van der Waals surface area contributed by atoms with Crippen LogP contribution in [0.25, 0.3) is 20.8 Å². The molecule has 2 N–H and O–H groups in total. The number of nitro groups is 1. The van der Waals surface area contributed by atoms with Crippen LogP contribution in [0.15, 0.2) is 98.1 Å². The van der Waals surface area contributed by atoms with Gasteiger partial charge in [0.25, 0.3) is 5.69 Å². The van der Waals surface area contributed by atoms with Crippen LogP contribution in [0.5, 0.6) is 40.2 Å². The molecular formula is C51H48N2O18S. The van der Waals surface area contributed by atoms with E-state index in [1.807, 2.05) is 0 Å². The lowest BCUT2D eigenvalue weighted by Gasteiger charge is -2.26. The lowest BCUT2D eigenvalue weighted by molar-refractivity contribution is -0.384. The number of hydrogen-bond acceptors (Lipinski definition) is 20. The molecule has 1 aromatic heterocycles. The van der Waals surface area contributed by atoms with Crippen LogP contribution in [0.4, 0.5) is 5.69 Å². The number of fused-ring (bicyclic) bond motifs is 1. The van der Waals surface area contributed by atoms with E-state index in [9.17, 15) is 49.1 Å². The van der Waals surface area contributed by atoms with Gasteiger partial charge in [0.2, 0.25) is 13.6 Å². The zero-order valence-electron chi connectivity index (χ0n) is 38.5. The molecule has 0 unspecified atom stereocenters. The molecule has 4 aromatic carbocycles. The van der Waals surface area contributed by atoms with Gasteiger partial charge in [0.1, 0.15) is 22.0 Å². The molecule has 72 heavy (non-hydrogen) atoms. The topological polar surface area (TPSA) is 273 Å². The van der Waals surface area contributed by atoms with Crippen molar-refractivity contribution in [3.63, 3.8) is 0 Å². The van der Waals surface area contributed by atoms with Crippen LogP contribution in [0, 0.1) is 33.8 Å². The summed E-state index contributed by atoms with van der Waals surface area (Å²) >= 11 is 1.28. The van der Waals surface area contributed by atoms with Crippen LogP contribution in [-0.4, -0.2) is 76.1 Å². The average molecular weight is 1010 g/mol. The highest BCUT2D eigenvalue weighted by Crippen LogP contribution is 2.40. The molecule has 2 aliphatic rings. The fraction of sp³-hybridized carbons (Fsp3) is 0.314. The highest BCUT2D eigenvalue weighted by atomic mass is 32.1. The molecule has 0 atom stereocenters. The van der Waals surface area contributed by atoms with Gasteiger partial charge in [0.05, 0.1) is 39.9 Å². The number of aromatic hydroxyl groups is 2. The zero-order chi connectivity index (χ0) is 51.3. The average Bonchev–Trinajstić information content (AvgIpc) is 3.85. The van der Waals surface area contributed by atoms with Crippen molar-refractivity contribution >= 4 is 63.1 Å². The van der Waals surface area contributed by atoms with Gasteiger partial charge in [-0.25, -0.2) is 14.6 Å². The van der Waals surface area contributed by atoms with Crippen LogP contribution >= 0.6 is 11.3 Å². The molecule has 0 bridgehead atoms. The number of benzene rings is 4. The largest absolute Gasteiger partial charge is 0.504 e. The zero-order valence-corrected chi connectivity index (χ0v) is 39.3. The van der Waals surface area contributed by atoms with Crippen LogP contribution in [0.2, 0.25) is 0 Å². The number of nitrogens with zero attached hydrogens (tertiary/aromatic N) is 2. The Labute approximate surface area is 414 Å². The molecule has 2 fully saturated rings. The second-order valence-electron chi connectivity index (χ2n) is 16.6. The minimum Gasteiger partial charge on any atom is -0.504 e. The van der Waals surface area contributed by atoms with Crippen molar-refractivity contribution in [2.75, 3.05) is 20.2 Å². The number of non-ortho nitro benzene ring substituents is 1. The number of phenolic OH excluding ortho intramolecular Hbond substituents is 2. The molecule has 0 saturated heterocycles. The minimum absolute atomic E-state index is 0.00854. The Morgan fingerprint density at radius 1 is 0.625 bits per heavy atom. The molecule has 2 aliphatic carbocycles. The Kier molecular flexibility index (Phi) is 17.2. The van der Waals surface area contributed by atoms with E-state index < -0.39 is 83.7 Å². The fourth-order valence-corrected chi connectivity index (χ4v) is 9.16. The van der Waals surface area contributed by atoms with Gasteiger partial charge in [0, 0.05) is 48.4 Å². The van der Waals surface area contributed by atoms with Gasteiger partial charge < -0.3 is 48.1 Å². The quantitative estimate of drug-likeness (QED) is 0.0109. The van der Waals surface area contributed by atoms with Crippen molar-refractivity contribution in [1.29, 1.82) is 0 Å². The molecule has 1 heterocycles. The summed E-state index contributed by atoms with van der Waals surface area (Å²) in [5, 5.41) is 31.1. The van der Waals surface area contributed by atoms with Crippen molar-refractivity contribution < 1.29 is 81.8 Å².